The van der Waals surface area contributed by atoms with Crippen LogP contribution in [0.3, 0.4) is 0 Å². The van der Waals surface area contributed by atoms with Crippen molar-refractivity contribution in [1.82, 2.24) is 9.78 Å². The van der Waals surface area contributed by atoms with Gasteiger partial charge in [-0.2, -0.15) is 10.4 Å². The van der Waals surface area contributed by atoms with Crippen molar-refractivity contribution >= 4 is 23.2 Å². The first kappa shape index (κ1) is 19.1. The van der Waals surface area contributed by atoms with E-state index in [0.717, 1.165) is 4.68 Å². The quantitative estimate of drug-likeness (QED) is 0.717. The van der Waals surface area contributed by atoms with Crippen LogP contribution in [0, 0.1) is 11.3 Å². The Bertz CT molecular complexity index is 1130. The van der Waals surface area contributed by atoms with Gasteiger partial charge in [0.25, 0.3) is 5.56 Å². The van der Waals surface area contributed by atoms with Crippen LogP contribution in [0.2, 0.25) is 5.02 Å². The third-order valence-corrected chi connectivity index (χ3v) is 4.15. The number of methoxy groups -OCH3 is 1. The maximum Gasteiger partial charge on any atom is 0.267 e. The number of nitrogens with zero attached hydrogens (tertiary/aromatic N) is 3. The molecule has 0 radical (unpaired) electrons. The number of amides is 1. The summed E-state index contributed by atoms with van der Waals surface area (Å²) in [6.07, 6.45) is 0. The molecule has 0 aliphatic rings. The lowest BCUT2D eigenvalue weighted by Crippen LogP contribution is -2.29. The summed E-state index contributed by atoms with van der Waals surface area (Å²) in [4.78, 5) is 24.5. The highest BCUT2D eigenvalue weighted by Gasteiger charge is 2.12. The van der Waals surface area contributed by atoms with Crippen molar-refractivity contribution in [3.05, 3.63) is 75.5 Å². The summed E-state index contributed by atoms with van der Waals surface area (Å²) in [6, 6.07) is 16.6. The summed E-state index contributed by atoms with van der Waals surface area (Å²) in [5.74, 6) is 0.0905. The van der Waals surface area contributed by atoms with Crippen molar-refractivity contribution in [2.75, 3.05) is 12.4 Å². The van der Waals surface area contributed by atoms with Gasteiger partial charge in [0, 0.05) is 16.7 Å². The van der Waals surface area contributed by atoms with Gasteiger partial charge < -0.3 is 10.1 Å². The topological polar surface area (TPSA) is 97.0 Å². The molecule has 7 nitrogen and oxygen atoms in total. The zero-order chi connectivity index (χ0) is 20.1. The van der Waals surface area contributed by atoms with Crippen LogP contribution in [0.4, 0.5) is 5.69 Å². The number of para-hydroxylation sites is 1. The number of nitriles is 1. The highest BCUT2D eigenvalue weighted by molar-refractivity contribution is 6.31. The van der Waals surface area contributed by atoms with E-state index in [-0.39, 0.29) is 17.8 Å². The van der Waals surface area contributed by atoms with E-state index in [1.54, 1.807) is 31.4 Å². The van der Waals surface area contributed by atoms with Crippen molar-refractivity contribution < 1.29 is 9.53 Å². The van der Waals surface area contributed by atoms with E-state index in [9.17, 15) is 9.59 Å². The molecule has 28 heavy (non-hydrogen) atoms. The zero-order valence-electron chi connectivity index (χ0n) is 14.8. The maximum atomic E-state index is 12.4. The predicted molar refractivity (Wildman–Crippen MR) is 105 cm³/mol. The molecule has 3 rings (SSSR count). The van der Waals surface area contributed by atoms with Gasteiger partial charge in [-0.15, -0.1) is 0 Å². The van der Waals surface area contributed by atoms with E-state index in [0.29, 0.717) is 22.0 Å². The second-order valence-corrected chi connectivity index (χ2v) is 6.20. The van der Waals surface area contributed by atoms with Gasteiger partial charge in [-0.1, -0.05) is 23.7 Å². The number of hydrogen-bond acceptors (Lipinski definition) is 5. The number of nitrogens with one attached hydrogen (secondary N) is 1. The standard InChI is InChI=1S/C20H15ClN4O3/c1-28-18-5-3-2-4-15(18)16-8-9-20(27)25(24-16)12-19(26)23-17-10-14(21)7-6-13(17)11-22/h2-10H,12H2,1H3,(H,23,26). The van der Waals surface area contributed by atoms with Gasteiger partial charge in [0.05, 0.1) is 24.1 Å². The summed E-state index contributed by atoms with van der Waals surface area (Å²) < 4.78 is 6.37. The van der Waals surface area contributed by atoms with Gasteiger partial charge >= 0.3 is 0 Å². The lowest BCUT2D eigenvalue weighted by atomic mass is 10.1. The minimum absolute atomic E-state index is 0.265. The van der Waals surface area contributed by atoms with E-state index in [1.165, 1.54) is 18.2 Å². The number of carbonyl (C=O) groups excluding carboxylic acids is 1. The van der Waals surface area contributed by atoms with Crippen molar-refractivity contribution in [2.24, 2.45) is 0 Å². The number of halogens is 1. The van der Waals surface area contributed by atoms with E-state index in [1.807, 2.05) is 18.2 Å². The van der Waals surface area contributed by atoms with E-state index in [2.05, 4.69) is 10.4 Å². The lowest BCUT2D eigenvalue weighted by Gasteiger charge is -2.11. The Morgan fingerprint density at radius 1 is 1.25 bits per heavy atom. The molecule has 0 fully saturated rings. The summed E-state index contributed by atoms with van der Waals surface area (Å²) in [5.41, 5.74) is 1.29. The molecule has 0 saturated heterocycles. The highest BCUT2D eigenvalue weighted by atomic mass is 35.5. The molecule has 1 heterocycles. The monoisotopic (exact) mass is 394 g/mol. The molecular formula is C20H15ClN4O3. The van der Waals surface area contributed by atoms with Crippen molar-refractivity contribution in [3.8, 4) is 23.1 Å². The van der Waals surface area contributed by atoms with Gasteiger partial charge in [-0.05, 0) is 36.4 Å². The molecule has 1 amide bonds. The molecule has 8 heteroatoms. The molecule has 0 spiro atoms. The number of hydrogen-bond donors (Lipinski definition) is 1. The van der Waals surface area contributed by atoms with E-state index < -0.39 is 11.5 Å². The Labute approximate surface area is 165 Å². The van der Waals surface area contributed by atoms with Crippen LogP contribution in [-0.4, -0.2) is 22.8 Å². The fraction of sp³-hybridized carbons (Fsp3) is 0.100. The molecular weight excluding hydrogens is 380 g/mol. The summed E-state index contributed by atoms with van der Waals surface area (Å²) in [6.45, 7) is -0.320. The predicted octanol–water partition coefficient (Wildman–Crippen LogP) is 3.08. The molecule has 0 atom stereocenters. The van der Waals surface area contributed by atoms with Crippen LogP contribution < -0.4 is 15.6 Å². The average molecular weight is 395 g/mol. The third kappa shape index (κ3) is 4.19. The Kier molecular flexibility index (Phi) is 5.72. The molecule has 3 aromatic rings. The minimum atomic E-state index is -0.509. The molecule has 2 aromatic carbocycles. The van der Waals surface area contributed by atoms with Crippen LogP contribution in [0.25, 0.3) is 11.3 Å². The zero-order valence-corrected chi connectivity index (χ0v) is 15.6. The first-order valence-corrected chi connectivity index (χ1v) is 8.60. The third-order valence-electron chi connectivity index (χ3n) is 3.92. The highest BCUT2D eigenvalue weighted by Crippen LogP contribution is 2.27. The van der Waals surface area contributed by atoms with Gasteiger partial charge in [-0.3, -0.25) is 9.59 Å². The second-order valence-electron chi connectivity index (χ2n) is 5.76. The van der Waals surface area contributed by atoms with Gasteiger partial charge in [0.2, 0.25) is 5.91 Å². The van der Waals surface area contributed by atoms with Gasteiger partial charge in [0.15, 0.2) is 0 Å². The first-order chi connectivity index (χ1) is 13.5. The van der Waals surface area contributed by atoms with Crippen LogP contribution in [0.1, 0.15) is 5.56 Å². The Morgan fingerprint density at radius 2 is 2.04 bits per heavy atom. The number of carbonyl (C=O) groups is 1. The van der Waals surface area contributed by atoms with E-state index >= 15 is 0 Å². The molecule has 0 aliphatic carbocycles. The average Bonchev–Trinajstić information content (AvgIpc) is 2.70. The smallest absolute Gasteiger partial charge is 0.267 e. The Balaban J connectivity index is 1.87. The summed E-state index contributed by atoms with van der Waals surface area (Å²) in [5, 5.41) is 16.4. The van der Waals surface area contributed by atoms with Crippen LogP contribution in [-0.2, 0) is 11.3 Å². The Hall–Kier alpha value is -3.63. The fourth-order valence-electron chi connectivity index (χ4n) is 2.61. The van der Waals surface area contributed by atoms with Crippen molar-refractivity contribution in [1.29, 1.82) is 5.26 Å². The van der Waals surface area contributed by atoms with E-state index in [4.69, 9.17) is 21.6 Å². The number of rotatable bonds is 5. The maximum absolute atomic E-state index is 12.4. The molecule has 140 valence electrons. The summed E-state index contributed by atoms with van der Waals surface area (Å²) in [7, 11) is 1.54. The van der Waals surface area contributed by atoms with Gasteiger partial charge in [0.1, 0.15) is 18.4 Å². The van der Waals surface area contributed by atoms with Crippen LogP contribution >= 0.6 is 11.6 Å². The molecule has 1 aromatic heterocycles. The number of anilines is 1. The van der Waals surface area contributed by atoms with Crippen molar-refractivity contribution in [3.63, 3.8) is 0 Å². The first-order valence-electron chi connectivity index (χ1n) is 8.23. The molecule has 0 aliphatic heterocycles. The molecule has 0 saturated carbocycles. The number of aromatic nitrogens is 2. The summed E-state index contributed by atoms with van der Waals surface area (Å²) >= 11 is 5.92. The van der Waals surface area contributed by atoms with Crippen molar-refractivity contribution in [2.45, 2.75) is 6.54 Å². The Morgan fingerprint density at radius 3 is 2.79 bits per heavy atom. The fourth-order valence-corrected chi connectivity index (χ4v) is 2.78. The molecule has 1 N–H and O–H groups in total. The van der Waals surface area contributed by atoms with Crippen LogP contribution in [0.5, 0.6) is 5.75 Å². The second kappa shape index (κ2) is 8.37. The van der Waals surface area contributed by atoms with Gasteiger partial charge in [-0.25, -0.2) is 4.68 Å². The van der Waals surface area contributed by atoms with Crippen LogP contribution in [0.15, 0.2) is 59.4 Å². The minimum Gasteiger partial charge on any atom is -0.496 e. The largest absolute Gasteiger partial charge is 0.496 e. The number of benzene rings is 2. The lowest BCUT2D eigenvalue weighted by molar-refractivity contribution is -0.117. The normalized spacial score (nSPS) is 10.2. The number of ether oxygens (including phenoxy) is 1. The molecule has 0 unspecified atom stereocenters. The molecule has 0 bridgehead atoms. The SMILES string of the molecule is COc1ccccc1-c1ccc(=O)n(CC(=O)Nc2cc(Cl)ccc2C#N)n1.